The van der Waals surface area contributed by atoms with E-state index in [4.69, 9.17) is 0 Å². The lowest BCUT2D eigenvalue weighted by Gasteiger charge is -2.07. The molecule has 108 valence electrons. The minimum Gasteiger partial charge on any atom is -0.321 e. The average Bonchev–Trinajstić information content (AvgIpc) is 2.48. The number of amides is 2. The minimum atomic E-state index is -0.751. The van der Waals surface area contributed by atoms with E-state index in [2.05, 4.69) is 15.6 Å². The molecule has 5 heteroatoms. The van der Waals surface area contributed by atoms with Gasteiger partial charge in [0.05, 0.1) is 0 Å². The second kappa shape index (κ2) is 6.56. The van der Waals surface area contributed by atoms with E-state index in [0.29, 0.717) is 11.3 Å². The van der Waals surface area contributed by atoms with Crippen LogP contribution >= 0.6 is 0 Å². The third-order valence-electron chi connectivity index (χ3n) is 2.85. The van der Waals surface area contributed by atoms with E-state index >= 15 is 0 Å². The van der Waals surface area contributed by atoms with Crippen LogP contribution in [0.15, 0.2) is 48.5 Å². The molecule has 0 bridgehead atoms. The molecule has 0 atom stereocenters. The molecule has 0 saturated heterocycles. The fraction of sp³-hybridized carbons (Fsp3) is 0.125. The molecule has 2 amide bonds. The van der Waals surface area contributed by atoms with E-state index in [1.54, 1.807) is 36.4 Å². The van der Waals surface area contributed by atoms with Crippen LogP contribution in [0.5, 0.6) is 0 Å². The molecule has 0 unspecified atom stereocenters. The summed E-state index contributed by atoms with van der Waals surface area (Å²) in [6.45, 7) is 3.87. The molecule has 0 spiro atoms. The molecule has 2 aromatic rings. The number of carbonyl (C=O) groups excluding carboxylic acids is 2. The summed E-state index contributed by atoms with van der Waals surface area (Å²) in [5, 5.41) is 2.51. The Morgan fingerprint density at radius 3 is 1.95 bits per heavy atom. The first-order valence-corrected chi connectivity index (χ1v) is 6.46. The van der Waals surface area contributed by atoms with Gasteiger partial charge in [0.2, 0.25) is 0 Å². The van der Waals surface area contributed by atoms with Gasteiger partial charge in [-0.2, -0.15) is 5.48 Å². The Labute approximate surface area is 122 Å². The Morgan fingerprint density at radius 2 is 1.38 bits per heavy atom. The van der Waals surface area contributed by atoms with Crippen molar-refractivity contribution in [3.63, 3.8) is 0 Å². The van der Waals surface area contributed by atoms with Gasteiger partial charge < -0.3 is 4.84 Å². The van der Waals surface area contributed by atoms with Crippen molar-refractivity contribution < 1.29 is 14.4 Å². The Morgan fingerprint density at radius 1 is 0.857 bits per heavy atom. The molecule has 0 radical (unpaired) electrons. The van der Waals surface area contributed by atoms with Crippen molar-refractivity contribution in [1.29, 1.82) is 0 Å². The lowest BCUT2D eigenvalue weighted by atomic mass is 10.1. The summed E-state index contributed by atoms with van der Waals surface area (Å²) >= 11 is 0. The van der Waals surface area contributed by atoms with Crippen LogP contribution in [0.3, 0.4) is 0 Å². The predicted octanol–water partition coefficient (Wildman–Crippen LogP) is 3.20. The number of benzene rings is 2. The van der Waals surface area contributed by atoms with E-state index in [0.717, 1.165) is 11.1 Å². The first kappa shape index (κ1) is 14.6. The Kier molecular flexibility index (Phi) is 4.56. The van der Waals surface area contributed by atoms with E-state index < -0.39 is 12.0 Å². The summed E-state index contributed by atoms with van der Waals surface area (Å²) in [5.41, 5.74) is 5.24. The molecule has 5 nitrogen and oxygen atoms in total. The van der Waals surface area contributed by atoms with Crippen molar-refractivity contribution >= 4 is 17.7 Å². The fourth-order valence-electron chi connectivity index (χ4n) is 1.64. The zero-order valence-corrected chi connectivity index (χ0v) is 11.8. The van der Waals surface area contributed by atoms with Crippen LogP contribution in [0.25, 0.3) is 0 Å². The highest BCUT2D eigenvalue weighted by atomic mass is 16.7. The van der Waals surface area contributed by atoms with E-state index in [-0.39, 0.29) is 0 Å². The van der Waals surface area contributed by atoms with E-state index in [1.807, 2.05) is 26.0 Å². The monoisotopic (exact) mass is 284 g/mol. The van der Waals surface area contributed by atoms with Crippen molar-refractivity contribution in [3.8, 4) is 0 Å². The lowest BCUT2D eigenvalue weighted by Crippen LogP contribution is -2.29. The maximum atomic E-state index is 11.7. The predicted molar refractivity (Wildman–Crippen MR) is 79.9 cm³/mol. The summed E-state index contributed by atoms with van der Waals surface area (Å²) < 4.78 is 0. The van der Waals surface area contributed by atoms with Gasteiger partial charge in [-0.25, -0.2) is 4.79 Å². The molecule has 2 rings (SSSR count). The molecule has 0 saturated carbocycles. The second-order valence-corrected chi connectivity index (χ2v) is 4.68. The van der Waals surface area contributed by atoms with Crippen LogP contribution < -0.4 is 10.8 Å². The van der Waals surface area contributed by atoms with Crippen LogP contribution in [0.4, 0.5) is 10.5 Å². The molecule has 2 aromatic carbocycles. The first-order valence-electron chi connectivity index (χ1n) is 6.46. The number of carbonyl (C=O) groups is 2. The third kappa shape index (κ3) is 4.35. The highest BCUT2D eigenvalue weighted by Gasteiger charge is 2.09. The van der Waals surface area contributed by atoms with Gasteiger partial charge in [-0.3, -0.25) is 10.1 Å². The number of hydrogen-bond acceptors (Lipinski definition) is 3. The molecule has 0 heterocycles. The van der Waals surface area contributed by atoms with Crippen molar-refractivity contribution in [2.75, 3.05) is 5.32 Å². The molecule has 0 fully saturated rings. The fourth-order valence-corrected chi connectivity index (χ4v) is 1.64. The number of nitrogens with one attached hydrogen (secondary N) is 2. The first-order chi connectivity index (χ1) is 10.0. The molecule has 0 aliphatic carbocycles. The molecule has 21 heavy (non-hydrogen) atoms. The van der Waals surface area contributed by atoms with Gasteiger partial charge in [0.15, 0.2) is 0 Å². The smallest absolute Gasteiger partial charge is 0.321 e. The standard InChI is InChI=1S/C16H16N2O3/c1-11-3-7-13(8-4-11)15(19)18-21-16(20)17-14-9-5-12(2)6-10-14/h3-10H,1-2H3,(H,17,20)(H,18,19). The van der Waals surface area contributed by atoms with Crippen molar-refractivity contribution in [2.45, 2.75) is 13.8 Å². The SMILES string of the molecule is Cc1ccc(NC(=O)ONC(=O)c2ccc(C)cc2)cc1. The van der Waals surface area contributed by atoms with Crippen LogP contribution in [-0.4, -0.2) is 12.0 Å². The summed E-state index contributed by atoms with van der Waals surface area (Å²) in [4.78, 5) is 28.0. The van der Waals surface area contributed by atoms with Crippen LogP contribution in [-0.2, 0) is 4.84 Å². The molecular formula is C16H16N2O3. The van der Waals surface area contributed by atoms with Gasteiger partial charge in [0.1, 0.15) is 0 Å². The van der Waals surface area contributed by atoms with Crippen LogP contribution in [0, 0.1) is 13.8 Å². The largest absolute Gasteiger partial charge is 0.436 e. The molecular weight excluding hydrogens is 268 g/mol. The molecule has 0 aromatic heterocycles. The maximum absolute atomic E-state index is 11.7. The summed E-state index contributed by atoms with van der Waals surface area (Å²) in [6.07, 6.45) is -0.751. The molecule has 0 aliphatic heterocycles. The number of rotatable bonds is 2. The number of hydrogen-bond donors (Lipinski definition) is 2. The van der Waals surface area contributed by atoms with Crippen molar-refractivity contribution in [1.82, 2.24) is 5.48 Å². The third-order valence-corrected chi connectivity index (χ3v) is 2.85. The van der Waals surface area contributed by atoms with Crippen LogP contribution in [0.2, 0.25) is 0 Å². The molecule has 2 N–H and O–H groups in total. The van der Waals surface area contributed by atoms with Crippen molar-refractivity contribution in [2.24, 2.45) is 0 Å². The van der Waals surface area contributed by atoms with E-state index in [9.17, 15) is 9.59 Å². The normalized spacial score (nSPS) is 9.81. The zero-order valence-electron chi connectivity index (χ0n) is 11.8. The van der Waals surface area contributed by atoms with Gasteiger partial charge in [-0.05, 0) is 38.1 Å². The molecule has 0 aliphatic rings. The lowest BCUT2D eigenvalue weighted by molar-refractivity contribution is 0.0615. The average molecular weight is 284 g/mol. The topological polar surface area (TPSA) is 67.4 Å². The van der Waals surface area contributed by atoms with Crippen LogP contribution in [0.1, 0.15) is 21.5 Å². The van der Waals surface area contributed by atoms with Gasteiger partial charge in [0.25, 0.3) is 5.91 Å². The second-order valence-electron chi connectivity index (χ2n) is 4.68. The highest BCUT2D eigenvalue weighted by Crippen LogP contribution is 2.08. The Balaban J connectivity index is 1.84. The van der Waals surface area contributed by atoms with Gasteiger partial charge in [-0.1, -0.05) is 35.4 Å². The van der Waals surface area contributed by atoms with Gasteiger partial charge >= 0.3 is 6.09 Å². The van der Waals surface area contributed by atoms with Gasteiger partial charge in [-0.15, -0.1) is 0 Å². The zero-order chi connectivity index (χ0) is 15.2. The minimum absolute atomic E-state index is 0.420. The summed E-state index contributed by atoms with van der Waals surface area (Å²) in [5.74, 6) is -0.478. The Bertz CT molecular complexity index is 634. The van der Waals surface area contributed by atoms with Gasteiger partial charge in [0, 0.05) is 11.3 Å². The number of hydroxylamine groups is 1. The summed E-state index contributed by atoms with van der Waals surface area (Å²) in [6, 6.07) is 14.2. The van der Waals surface area contributed by atoms with Crippen molar-refractivity contribution in [3.05, 3.63) is 65.2 Å². The van der Waals surface area contributed by atoms with E-state index in [1.165, 1.54) is 0 Å². The maximum Gasteiger partial charge on any atom is 0.436 e. The highest BCUT2D eigenvalue weighted by molar-refractivity contribution is 5.94. The Hall–Kier alpha value is -2.82. The number of anilines is 1. The number of aryl methyl sites for hydroxylation is 2. The summed E-state index contributed by atoms with van der Waals surface area (Å²) in [7, 11) is 0. The quantitative estimate of drug-likeness (QED) is 0.832.